The first kappa shape index (κ1) is 19.5. The molecule has 2 rings (SSSR count). The van der Waals surface area contributed by atoms with E-state index >= 15 is 0 Å². The highest BCUT2D eigenvalue weighted by Crippen LogP contribution is 2.40. The van der Waals surface area contributed by atoms with Gasteiger partial charge in [-0.1, -0.05) is 18.9 Å². The van der Waals surface area contributed by atoms with Gasteiger partial charge >= 0.3 is 0 Å². The number of methoxy groups -OCH3 is 2. The van der Waals surface area contributed by atoms with Crippen LogP contribution in [-0.4, -0.2) is 40.4 Å². The molecule has 1 aromatic rings. The second kappa shape index (κ2) is 9.61. The number of nitrogens with one attached hydrogen (secondary N) is 2. The van der Waals surface area contributed by atoms with Crippen LogP contribution in [0.2, 0.25) is 0 Å². The summed E-state index contributed by atoms with van der Waals surface area (Å²) >= 11 is 0. The Morgan fingerprint density at radius 1 is 1.24 bits per heavy atom. The van der Waals surface area contributed by atoms with Crippen molar-refractivity contribution in [3.05, 3.63) is 29.6 Å². The van der Waals surface area contributed by atoms with Crippen LogP contribution in [0, 0.1) is 11.2 Å². The number of nitrogens with zero attached hydrogens (tertiary/aromatic N) is 1. The number of hydrogen-bond acceptors (Lipinski definition) is 3. The first-order valence-electron chi connectivity index (χ1n) is 8.88. The maximum atomic E-state index is 13.8. The van der Waals surface area contributed by atoms with Gasteiger partial charge in [0, 0.05) is 33.9 Å². The van der Waals surface area contributed by atoms with Crippen molar-refractivity contribution in [1.29, 1.82) is 0 Å². The molecular formula is C19H30FN3O2. The van der Waals surface area contributed by atoms with Crippen LogP contribution in [-0.2, 0) is 11.3 Å². The third-order valence-corrected chi connectivity index (χ3v) is 5.03. The molecule has 2 N–H and O–H groups in total. The smallest absolute Gasteiger partial charge is 0.191 e. The maximum absolute atomic E-state index is 13.8. The number of halogens is 1. The Hall–Kier alpha value is -1.82. The summed E-state index contributed by atoms with van der Waals surface area (Å²) in [5, 5.41) is 6.68. The van der Waals surface area contributed by atoms with Crippen LogP contribution < -0.4 is 15.4 Å². The number of guanidine groups is 1. The monoisotopic (exact) mass is 351 g/mol. The minimum Gasteiger partial charge on any atom is -0.494 e. The van der Waals surface area contributed by atoms with Gasteiger partial charge in [-0.25, -0.2) is 4.39 Å². The fourth-order valence-electron chi connectivity index (χ4n) is 3.46. The Morgan fingerprint density at radius 2 is 2.00 bits per heavy atom. The lowest BCUT2D eigenvalue weighted by Crippen LogP contribution is -2.43. The zero-order valence-corrected chi connectivity index (χ0v) is 15.5. The van der Waals surface area contributed by atoms with E-state index in [1.807, 2.05) is 6.07 Å². The van der Waals surface area contributed by atoms with Crippen LogP contribution in [0.25, 0.3) is 0 Å². The SMILES string of the molecule is CN=C(NCc1ccc(OC)c(F)c1)NCC1(CCOC)CCCC1. The second-order valence-corrected chi connectivity index (χ2v) is 6.70. The lowest BCUT2D eigenvalue weighted by atomic mass is 9.83. The van der Waals surface area contributed by atoms with Crippen molar-refractivity contribution < 1.29 is 13.9 Å². The van der Waals surface area contributed by atoms with Crippen molar-refractivity contribution >= 4 is 5.96 Å². The van der Waals surface area contributed by atoms with Gasteiger partial charge in [0.25, 0.3) is 0 Å². The molecule has 0 heterocycles. The molecule has 0 atom stereocenters. The highest BCUT2D eigenvalue weighted by Gasteiger charge is 2.33. The molecule has 1 saturated carbocycles. The zero-order chi connectivity index (χ0) is 18.1. The van der Waals surface area contributed by atoms with E-state index in [2.05, 4.69) is 15.6 Å². The van der Waals surface area contributed by atoms with Crippen molar-refractivity contribution in [2.24, 2.45) is 10.4 Å². The number of aliphatic imine (C=N–C) groups is 1. The number of rotatable bonds is 8. The van der Waals surface area contributed by atoms with E-state index in [1.165, 1.54) is 38.9 Å². The van der Waals surface area contributed by atoms with Gasteiger partial charge in [-0.3, -0.25) is 4.99 Å². The lowest BCUT2D eigenvalue weighted by molar-refractivity contribution is 0.138. The molecule has 1 aliphatic rings. The topological polar surface area (TPSA) is 54.9 Å². The van der Waals surface area contributed by atoms with E-state index in [0.717, 1.165) is 31.1 Å². The first-order valence-corrected chi connectivity index (χ1v) is 8.88. The van der Waals surface area contributed by atoms with E-state index in [1.54, 1.807) is 20.2 Å². The van der Waals surface area contributed by atoms with Gasteiger partial charge in [-0.15, -0.1) is 0 Å². The maximum Gasteiger partial charge on any atom is 0.191 e. The van der Waals surface area contributed by atoms with Crippen molar-refractivity contribution in [3.63, 3.8) is 0 Å². The summed E-state index contributed by atoms with van der Waals surface area (Å²) in [7, 11) is 4.97. The van der Waals surface area contributed by atoms with Gasteiger partial charge in [0.1, 0.15) is 0 Å². The van der Waals surface area contributed by atoms with Crippen LogP contribution in [0.4, 0.5) is 4.39 Å². The minimum atomic E-state index is -0.353. The lowest BCUT2D eigenvalue weighted by Gasteiger charge is -2.30. The number of benzene rings is 1. The summed E-state index contributed by atoms with van der Waals surface area (Å²) in [5.41, 5.74) is 1.14. The first-order chi connectivity index (χ1) is 12.1. The largest absolute Gasteiger partial charge is 0.494 e. The summed E-state index contributed by atoms with van der Waals surface area (Å²) in [6.45, 7) is 2.18. The van der Waals surface area contributed by atoms with Crippen LogP contribution in [0.5, 0.6) is 5.75 Å². The molecule has 5 nitrogen and oxygen atoms in total. The van der Waals surface area contributed by atoms with Crippen LogP contribution in [0.1, 0.15) is 37.7 Å². The van der Waals surface area contributed by atoms with Crippen molar-refractivity contribution in [1.82, 2.24) is 10.6 Å². The van der Waals surface area contributed by atoms with Crippen molar-refractivity contribution in [2.75, 3.05) is 34.4 Å². The molecule has 0 aliphatic heterocycles. The Kier molecular flexibility index (Phi) is 7.50. The molecule has 1 aromatic carbocycles. The molecule has 0 saturated heterocycles. The Labute approximate surface area is 150 Å². The van der Waals surface area contributed by atoms with E-state index in [0.29, 0.717) is 12.0 Å². The predicted octanol–water partition coefficient (Wildman–Crippen LogP) is 3.10. The Morgan fingerprint density at radius 3 is 2.60 bits per heavy atom. The fourth-order valence-corrected chi connectivity index (χ4v) is 3.46. The summed E-state index contributed by atoms with van der Waals surface area (Å²) in [5.74, 6) is 0.640. The fraction of sp³-hybridized carbons (Fsp3) is 0.632. The van der Waals surface area contributed by atoms with Crippen LogP contribution >= 0.6 is 0 Å². The quantitative estimate of drug-likeness (QED) is 0.558. The molecule has 140 valence electrons. The van der Waals surface area contributed by atoms with Gasteiger partial charge in [0.15, 0.2) is 17.5 Å². The molecule has 0 unspecified atom stereocenters. The van der Waals surface area contributed by atoms with Gasteiger partial charge in [-0.2, -0.15) is 0 Å². The average molecular weight is 351 g/mol. The van der Waals surface area contributed by atoms with Crippen LogP contribution in [0.3, 0.4) is 0 Å². The molecule has 6 heteroatoms. The molecule has 0 spiro atoms. The summed E-state index contributed by atoms with van der Waals surface area (Å²) in [4.78, 5) is 4.28. The molecule has 1 fully saturated rings. The van der Waals surface area contributed by atoms with Crippen molar-refractivity contribution in [3.8, 4) is 5.75 Å². The minimum absolute atomic E-state index is 0.257. The predicted molar refractivity (Wildman–Crippen MR) is 98.5 cm³/mol. The van der Waals surface area contributed by atoms with Crippen LogP contribution in [0.15, 0.2) is 23.2 Å². The molecule has 0 aromatic heterocycles. The van der Waals surface area contributed by atoms with Gasteiger partial charge in [0.05, 0.1) is 7.11 Å². The average Bonchev–Trinajstić information content (AvgIpc) is 3.09. The third kappa shape index (κ3) is 5.59. The van der Waals surface area contributed by atoms with E-state index in [4.69, 9.17) is 9.47 Å². The Bertz CT molecular complexity index is 572. The van der Waals surface area contributed by atoms with Gasteiger partial charge in [-0.05, 0) is 42.4 Å². The normalized spacial score (nSPS) is 16.7. The van der Waals surface area contributed by atoms with E-state index < -0.39 is 0 Å². The molecule has 0 bridgehead atoms. The van der Waals surface area contributed by atoms with Gasteiger partial charge in [0.2, 0.25) is 0 Å². The highest BCUT2D eigenvalue weighted by atomic mass is 19.1. The molecule has 0 amide bonds. The summed E-state index contributed by atoms with van der Waals surface area (Å²) < 4.78 is 24.0. The molecular weight excluding hydrogens is 321 g/mol. The third-order valence-electron chi connectivity index (χ3n) is 5.03. The molecule has 0 radical (unpaired) electrons. The Balaban J connectivity index is 1.86. The highest BCUT2D eigenvalue weighted by molar-refractivity contribution is 5.79. The molecule has 1 aliphatic carbocycles. The molecule has 25 heavy (non-hydrogen) atoms. The second-order valence-electron chi connectivity index (χ2n) is 6.70. The van der Waals surface area contributed by atoms with Crippen molar-refractivity contribution in [2.45, 2.75) is 38.6 Å². The van der Waals surface area contributed by atoms with Gasteiger partial charge < -0.3 is 20.1 Å². The van der Waals surface area contributed by atoms with E-state index in [9.17, 15) is 4.39 Å². The van der Waals surface area contributed by atoms with E-state index in [-0.39, 0.29) is 11.6 Å². The number of ether oxygens (including phenoxy) is 2. The summed E-state index contributed by atoms with van der Waals surface area (Å²) in [6, 6.07) is 4.97. The summed E-state index contributed by atoms with van der Waals surface area (Å²) in [6.07, 6.45) is 6.08. The standard InChI is InChI=1S/C19H30FN3O2/c1-21-18(22-13-15-6-7-17(25-3)16(20)12-15)23-14-19(10-11-24-2)8-4-5-9-19/h6-7,12H,4-5,8-11,13-14H2,1-3H3,(H2,21,22,23). The zero-order valence-electron chi connectivity index (χ0n) is 15.5. The number of hydrogen-bond donors (Lipinski definition) is 2.